The second kappa shape index (κ2) is 9.33. The van der Waals surface area contributed by atoms with Crippen LogP contribution in [0.4, 0.5) is 4.39 Å². The van der Waals surface area contributed by atoms with Crippen LogP contribution >= 0.6 is 0 Å². The van der Waals surface area contributed by atoms with Crippen molar-refractivity contribution in [1.29, 1.82) is 0 Å². The van der Waals surface area contributed by atoms with Gasteiger partial charge in [0.05, 0.1) is 6.54 Å². The first kappa shape index (κ1) is 22.9. The molecule has 1 aromatic carbocycles. The van der Waals surface area contributed by atoms with Crippen LogP contribution in [-0.2, 0) is 17.9 Å². The first-order valence-corrected chi connectivity index (χ1v) is 11.6. The summed E-state index contributed by atoms with van der Waals surface area (Å²) >= 11 is 0. The van der Waals surface area contributed by atoms with E-state index in [-0.39, 0.29) is 42.3 Å². The monoisotopic (exact) mass is 455 g/mol. The van der Waals surface area contributed by atoms with Crippen molar-refractivity contribution >= 4 is 17.7 Å². The first-order valence-electron chi connectivity index (χ1n) is 11.6. The van der Waals surface area contributed by atoms with E-state index in [1.165, 1.54) is 16.8 Å². The van der Waals surface area contributed by atoms with E-state index in [0.717, 1.165) is 25.7 Å². The summed E-state index contributed by atoms with van der Waals surface area (Å²) in [6.45, 7) is 4.30. The zero-order valence-corrected chi connectivity index (χ0v) is 19.1. The lowest BCUT2D eigenvalue weighted by Gasteiger charge is -2.43. The number of rotatable bonds is 7. The Morgan fingerprint density at radius 1 is 1.24 bits per heavy atom. The molecule has 2 aliphatic rings. The van der Waals surface area contributed by atoms with Gasteiger partial charge in [-0.25, -0.2) is 4.39 Å². The molecule has 2 N–H and O–H groups in total. The molecule has 1 saturated carbocycles. The lowest BCUT2D eigenvalue weighted by Crippen LogP contribution is -2.65. The van der Waals surface area contributed by atoms with Crippen LogP contribution in [0.3, 0.4) is 0 Å². The fourth-order valence-corrected chi connectivity index (χ4v) is 4.64. The minimum absolute atomic E-state index is 0.00508. The molecule has 9 heteroatoms. The number of carbonyl (C=O) groups excluding carboxylic acids is 3. The van der Waals surface area contributed by atoms with Crippen molar-refractivity contribution in [2.45, 2.75) is 70.6 Å². The van der Waals surface area contributed by atoms with E-state index in [2.05, 4.69) is 15.7 Å². The third kappa shape index (κ3) is 4.49. The molecule has 0 saturated heterocycles. The maximum Gasteiger partial charge on any atom is 0.273 e. The molecule has 33 heavy (non-hydrogen) atoms. The molecule has 4 rings (SSSR count). The summed E-state index contributed by atoms with van der Waals surface area (Å²) in [5.74, 6) is -1.43. The summed E-state index contributed by atoms with van der Waals surface area (Å²) in [6.07, 6.45) is 4.77. The van der Waals surface area contributed by atoms with E-state index < -0.39 is 17.3 Å². The highest BCUT2D eigenvalue weighted by Crippen LogP contribution is 2.29. The molecular formula is C24H30FN5O3. The van der Waals surface area contributed by atoms with Crippen molar-refractivity contribution in [3.63, 3.8) is 0 Å². The molecule has 1 aromatic heterocycles. The van der Waals surface area contributed by atoms with Gasteiger partial charge in [-0.15, -0.1) is 0 Å². The molecule has 1 fully saturated rings. The molecule has 1 aliphatic heterocycles. The Balaban J connectivity index is 1.54. The van der Waals surface area contributed by atoms with Crippen molar-refractivity contribution in [1.82, 2.24) is 25.3 Å². The van der Waals surface area contributed by atoms with Crippen molar-refractivity contribution < 1.29 is 18.8 Å². The number of halogens is 1. The van der Waals surface area contributed by atoms with Gasteiger partial charge in [0.2, 0.25) is 5.91 Å². The average Bonchev–Trinajstić information content (AvgIpc) is 3.46. The number of nitrogens with zero attached hydrogens (tertiary/aromatic N) is 3. The largest absolute Gasteiger partial charge is 0.351 e. The Morgan fingerprint density at radius 2 is 1.97 bits per heavy atom. The quantitative estimate of drug-likeness (QED) is 0.671. The van der Waals surface area contributed by atoms with Gasteiger partial charge in [-0.1, -0.05) is 38.0 Å². The Bertz CT molecular complexity index is 1060. The van der Waals surface area contributed by atoms with Crippen LogP contribution in [0.2, 0.25) is 0 Å². The van der Waals surface area contributed by atoms with E-state index in [0.29, 0.717) is 18.5 Å². The van der Waals surface area contributed by atoms with Gasteiger partial charge in [0.1, 0.15) is 17.1 Å². The Kier molecular flexibility index (Phi) is 6.49. The molecule has 2 aromatic rings. The number of aromatic nitrogens is 2. The number of carbonyl (C=O) groups is 3. The molecule has 176 valence electrons. The highest BCUT2D eigenvalue weighted by molar-refractivity contribution is 6.01. The van der Waals surface area contributed by atoms with Crippen molar-refractivity contribution in [2.24, 2.45) is 0 Å². The second-order valence-corrected chi connectivity index (χ2v) is 9.03. The Hall–Kier alpha value is -3.23. The zero-order chi connectivity index (χ0) is 23.6. The minimum Gasteiger partial charge on any atom is -0.351 e. The summed E-state index contributed by atoms with van der Waals surface area (Å²) in [4.78, 5) is 40.9. The van der Waals surface area contributed by atoms with Gasteiger partial charge < -0.3 is 15.5 Å². The lowest BCUT2D eigenvalue weighted by molar-refractivity contribution is -0.133. The maximum atomic E-state index is 13.8. The van der Waals surface area contributed by atoms with Crippen LogP contribution in [0.25, 0.3) is 0 Å². The number of nitrogens with one attached hydrogen (secondary N) is 2. The normalized spacial score (nSPS) is 20.6. The summed E-state index contributed by atoms with van der Waals surface area (Å²) in [5, 5.41) is 10.1. The third-order valence-corrected chi connectivity index (χ3v) is 6.55. The molecule has 0 unspecified atom stereocenters. The smallest absolute Gasteiger partial charge is 0.273 e. The molecule has 1 aliphatic carbocycles. The van der Waals surface area contributed by atoms with Gasteiger partial charge in [0, 0.05) is 30.8 Å². The molecule has 0 bridgehead atoms. The van der Waals surface area contributed by atoms with Gasteiger partial charge in [0.25, 0.3) is 11.8 Å². The number of amides is 3. The van der Waals surface area contributed by atoms with Gasteiger partial charge >= 0.3 is 0 Å². The first-order chi connectivity index (χ1) is 15.8. The molecular weight excluding hydrogens is 425 g/mol. The van der Waals surface area contributed by atoms with Gasteiger partial charge in [-0.05, 0) is 32.3 Å². The van der Waals surface area contributed by atoms with Crippen LogP contribution in [-0.4, -0.2) is 50.5 Å². The summed E-state index contributed by atoms with van der Waals surface area (Å²) in [7, 11) is 0. The van der Waals surface area contributed by atoms with Crippen LogP contribution in [0, 0.1) is 5.82 Å². The third-order valence-electron chi connectivity index (χ3n) is 6.55. The molecule has 0 spiro atoms. The van der Waals surface area contributed by atoms with Gasteiger partial charge in [-0.2, -0.15) is 5.10 Å². The minimum atomic E-state index is -1.10. The van der Waals surface area contributed by atoms with Crippen LogP contribution in [0.15, 0.2) is 30.3 Å². The SMILES string of the molecule is CCCN1C(=O)c2cc(C(=O)NCc3ccccc3F)nn2C[C@@]1(C)C(=O)NC1CCCC1. The van der Waals surface area contributed by atoms with Crippen LogP contribution in [0.5, 0.6) is 0 Å². The number of hydrogen-bond acceptors (Lipinski definition) is 4. The van der Waals surface area contributed by atoms with Gasteiger partial charge in [-0.3, -0.25) is 19.1 Å². The van der Waals surface area contributed by atoms with Crippen molar-refractivity contribution in [3.05, 3.63) is 53.1 Å². The number of fused-ring (bicyclic) bond motifs is 1. The van der Waals surface area contributed by atoms with E-state index in [1.54, 1.807) is 30.0 Å². The molecule has 0 radical (unpaired) electrons. The fraction of sp³-hybridized carbons (Fsp3) is 0.500. The van der Waals surface area contributed by atoms with Crippen molar-refractivity contribution in [3.8, 4) is 0 Å². The fourth-order valence-electron chi connectivity index (χ4n) is 4.64. The van der Waals surface area contributed by atoms with Gasteiger partial charge in [0.15, 0.2) is 5.69 Å². The van der Waals surface area contributed by atoms with Crippen molar-refractivity contribution in [2.75, 3.05) is 6.54 Å². The topological polar surface area (TPSA) is 96.3 Å². The molecule has 1 atom stereocenters. The zero-order valence-electron chi connectivity index (χ0n) is 19.1. The summed E-state index contributed by atoms with van der Waals surface area (Å²) < 4.78 is 15.3. The average molecular weight is 456 g/mol. The standard InChI is InChI=1S/C24H30FN5O3/c1-3-12-29-22(32)20-13-19(21(31)26-14-16-8-4-7-11-18(16)25)28-30(20)15-24(29,2)23(33)27-17-9-5-6-10-17/h4,7-8,11,13,17H,3,5-6,9-10,12,14-15H2,1-2H3,(H,26,31)(H,27,33)/t24-/m0/s1. The van der Waals surface area contributed by atoms with E-state index in [1.807, 2.05) is 6.92 Å². The Morgan fingerprint density at radius 3 is 2.67 bits per heavy atom. The molecule has 2 heterocycles. The predicted molar refractivity (Wildman–Crippen MR) is 120 cm³/mol. The van der Waals surface area contributed by atoms with E-state index >= 15 is 0 Å². The van der Waals surface area contributed by atoms with E-state index in [4.69, 9.17) is 0 Å². The molecule has 3 amide bonds. The maximum absolute atomic E-state index is 13.8. The summed E-state index contributed by atoms with van der Waals surface area (Å²) in [5.41, 5.74) is -0.413. The molecule has 8 nitrogen and oxygen atoms in total. The van der Waals surface area contributed by atoms with Crippen LogP contribution in [0.1, 0.15) is 72.5 Å². The number of hydrogen-bond donors (Lipinski definition) is 2. The predicted octanol–water partition coefficient (Wildman–Crippen LogP) is 2.64. The Labute approximate surface area is 192 Å². The highest BCUT2D eigenvalue weighted by Gasteiger charge is 2.48. The highest BCUT2D eigenvalue weighted by atomic mass is 19.1. The van der Waals surface area contributed by atoms with Crippen LogP contribution < -0.4 is 10.6 Å². The number of benzene rings is 1. The summed E-state index contributed by atoms with van der Waals surface area (Å²) in [6, 6.07) is 7.77. The second-order valence-electron chi connectivity index (χ2n) is 9.03. The van der Waals surface area contributed by atoms with E-state index in [9.17, 15) is 18.8 Å². The lowest BCUT2D eigenvalue weighted by atomic mass is 9.94.